The van der Waals surface area contributed by atoms with E-state index >= 15 is 0 Å². The zero-order valence-corrected chi connectivity index (χ0v) is 12.2. The summed E-state index contributed by atoms with van der Waals surface area (Å²) in [5, 5.41) is 13.9. The second kappa shape index (κ2) is 5.68. The molecule has 2 rings (SSSR count). The van der Waals surface area contributed by atoms with E-state index in [1.807, 2.05) is 0 Å². The van der Waals surface area contributed by atoms with Crippen LogP contribution in [0.3, 0.4) is 0 Å². The molecule has 7 nitrogen and oxygen atoms in total. The number of amides is 2. The fourth-order valence-electron chi connectivity index (χ4n) is 2.00. The highest BCUT2D eigenvalue weighted by molar-refractivity contribution is 9.10. The minimum atomic E-state index is -0.615. The molecule has 0 aromatic heterocycles. The molecule has 0 saturated carbocycles. The van der Waals surface area contributed by atoms with Gasteiger partial charge in [-0.1, -0.05) is 15.9 Å². The standard InChI is InChI=1S/C12H12BrN3O4/c1-15-11(17)5-9(12(15)18)14-6-7-2-3-8(13)4-10(7)16(19)20/h2-4,9,14H,5-6H2,1H3. The number of nitro benzene ring substituents is 1. The van der Waals surface area contributed by atoms with Crippen LogP contribution in [0.4, 0.5) is 5.69 Å². The molecule has 20 heavy (non-hydrogen) atoms. The Kier molecular flexibility index (Phi) is 4.15. The number of likely N-dealkylation sites (N-methyl/N-ethyl adjacent to an activating group) is 1. The smallest absolute Gasteiger partial charge is 0.275 e. The van der Waals surface area contributed by atoms with Crippen molar-refractivity contribution < 1.29 is 14.5 Å². The molecule has 2 amide bonds. The molecule has 8 heteroatoms. The highest BCUT2D eigenvalue weighted by atomic mass is 79.9. The second-order valence-electron chi connectivity index (χ2n) is 4.46. The number of nitrogens with zero attached hydrogens (tertiary/aromatic N) is 2. The third kappa shape index (κ3) is 2.86. The Hall–Kier alpha value is -1.80. The van der Waals surface area contributed by atoms with Crippen LogP contribution in [0.2, 0.25) is 0 Å². The molecule has 1 saturated heterocycles. The van der Waals surface area contributed by atoms with Gasteiger partial charge in [0.15, 0.2) is 0 Å². The zero-order chi connectivity index (χ0) is 14.9. The number of likely N-dealkylation sites (tertiary alicyclic amines) is 1. The predicted molar refractivity (Wildman–Crippen MR) is 73.8 cm³/mol. The minimum Gasteiger partial charge on any atom is -0.301 e. The number of imide groups is 1. The second-order valence-corrected chi connectivity index (χ2v) is 5.37. The first-order chi connectivity index (χ1) is 9.40. The summed E-state index contributed by atoms with van der Waals surface area (Å²) in [6.07, 6.45) is 0.0830. The van der Waals surface area contributed by atoms with Crippen LogP contribution in [0, 0.1) is 10.1 Å². The number of halogens is 1. The van der Waals surface area contributed by atoms with Crippen molar-refractivity contribution in [3.63, 3.8) is 0 Å². The monoisotopic (exact) mass is 341 g/mol. The zero-order valence-electron chi connectivity index (χ0n) is 10.6. The summed E-state index contributed by atoms with van der Waals surface area (Å²) in [6, 6.07) is 4.10. The number of hydrogen-bond donors (Lipinski definition) is 1. The van der Waals surface area contributed by atoms with Gasteiger partial charge in [0, 0.05) is 29.7 Å². The molecule has 1 fully saturated rings. The fourth-order valence-corrected chi connectivity index (χ4v) is 2.35. The summed E-state index contributed by atoms with van der Waals surface area (Å²) < 4.78 is 0.611. The highest BCUT2D eigenvalue weighted by Crippen LogP contribution is 2.24. The van der Waals surface area contributed by atoms with E-state index in [9.17, 15) is 19.7 Å². The van der Waals surface area contributed by atoms with Crippen LogP contribution in [-0.2, 0) is 16.1 Å². The van der Waals surface area contributed by atoms with Crippen LogP contribution in [-0.4, -0.2) is 34.7 Å². The van der Waals surface area contributed by atoms with Crippen molar-refractivity contribution in [3.05, 3.63) is 38.3 Å². The first-order valence-corrected chi connectivity index (χ1v) is 6.66. The van der Waals surface area contributed by atoms with Crippen LogP contribution < -0.4 is 5.32 Å². The highest BCUT2D eigenvalue weighted by Gasteiger charge is 2.35. The molecule has 1 heterocycles. The fraction of sp³-hybridized carbons (Fsp3) is 0.333. The first kappa shape index (κ1) is 14.6. The third-order valence-corrected chi connectivity index (χ3v) is 3.66. The topological polar surface area (TPSA) is 92.6 Å². The molecule has 1 aliphatic rings. The van der Waals surface area contributed by atoms with E-state index < -0.39 is 11.0 Å². The van der Waals surface area contributed by atoms with Gasteiger partial charge in [-0.15, -0.1) is 0 Å². The average Bonchev–Trinajstić information content (AvgIpc) is 2.64. The molecule has 0 radical (unpaired) electrons. The summed E-state index contributed by atoms with van der Waals surface area (Å²) in [5.41, 5.74) is 0.435. The Bertz CT molecular complexity index is 590. The van der Waals surface area contributed by atoms with Gasteiger partial charge >= 0.3 is 0 Å². The molecule has 106 valence electrons. The van der Waals surface area contributed by atoms with Crippen molar-refractivity contribution in [2.75, 3.05) is 7.05 Å². The lowest BCUT2D eigenvalue weighted by atomic mass is 10.1. The lowest BCUT2D eigenvalue weighted by Gasteiger charge is -2.11. The van der Waals surface area contributed by atoms with Crippen molar-refractivity contribution in [2.45, 2.75) is 19.0 Å². The Balaban J connectivity index is 2.10. The number of carbonyl (C=O) groups is 2. The Labute approximate surface area is 123 Å². The average molecular weight is 342 g/mol. The molecule has 1 atom stereocenters. The number of rotatable bonds is 4. The van der Waals surface area contributed by atoms with Gasteiger partial charge in [0.1, 0.15) is 0 Å². The third-order valence-electron chi connectivity index (χ3n) is 3.16. The normalized spacial score (nSPS) is 18.7. The molecule has 1 N–H and O–H groups in total. The van der Waals surface area contributed by atoms with E-state index in [4.69, 9.17) is 0 Å². The number of benzene rings is 1. The molecular formula is C12H12BrN3O4. The van der Waals surface area contributed by atoms with Gasteiger partial charge in [-0.3, -0.25) is 24.6 Å². The maximum Gasteiger partial charge on any atom is 0.275 e. The van der Waals surface area contributed by atoms with Crippen molar-refractivity contribution in [2.24, 2.45) is 0 Å². The van der Waals surface area contributed by atoms with Crippen molar-refractivity contribution in [1.29, 1.82) is 0 Å². The summed E-state index contributed by atoms with van der Waals surface area (Å²) in [6.45, 7) is 0.154. The largest absolute Gasteiger partial charge is 0.301 e. The minimum absolute atomic E-state index is 0.0306. The molecule has 1 aromatic carbocycles. The molecule has 1 aromatic rings. The van der Waals surface area contributed by atoms with E-state index in [0.29, 0.717) is 10.0 Å². The van der Waals surface area contributed by atoms with Gasteiger partial charge in [-0.25, -0.2) is 0 Å². The predicted octanol–water partition coefficient (Wildman–Crippen LogP) is 1.20. The van der Waals surface area contributed by atoms with E-state index in [-0.39, 0.29) is 30.5 Å². The molecular weight excluding hydrogens is 330 g/mol. The van der Waals surface area contributed by atoms with E-state index in [0.717, 1.165) is 4.90 Å². The van der Waals surface area contributed by atoms with Gasteiger partial charge in [-0.05, 0) is 12.1 Å². The Morgan fingerprint density at radius 2 is 2.20 bits per heavy atom. The Morgan fingerprint density at radius 3 is 2.75 bits per heavy atom. The van der Waals surface area contributed by atoms with Gasteiger partial charge in [0.05, 0.1) is 17.4 Å². The number of nitrogens with one attached hydrogen (secondary N) is 1. The number of nitro groups is 1. The van der Waals surface area contributed by atoms with Gasteiger partial charge in [0.25, 0.3) is 5.69 Å². The van der Waals surface area contributed by atoms with Crippen molar-refractivity contribution in [1.82, 2.24) is 10.2 Å². The lowest BCUT2D eigenvalue weighted by molar-refractivity contribution is -0.385. The summed E-state index contributed by atoms with van der Waals surface area (Å²) >= 11 is 3.18. The van der Waals surface area contributed by atoms with E-state index in [1.54, 1.807) is 12.1 Å². The maximum absolute atomic E-state index is 11.7. The van der Waals surface area contributed by atoms with E-state index in [2.05, 4.69) is 21.2 Å². The van der Waals surface area contributed by atoms with E-state index in [1.165, 1.54) is 13.1 Å². The van der Waals surface area contributed by atoms with Gasteiger partial charge < -0.3 is 5.32 Å². The van der Waals surface area contributed by atoms with Gasteiger partial charge in [0.2, 0.25) is 11.8 Å². The Morgan fingerprint density at radius 1 is 1.50 bits per heavy atom. The van der Waals surface area contributed by atoms with Crippen molar-refractivity contribution in [3.8, 4) is 0 Å². The molecule has 0 bridgehead atoms. The summed E-state index contributed by atoms with van der Waals surface area (Å²) in [4.78, 5) is 34.6. The van der Waals surface area contributed by atoms with Crippen molar-refractivity contribution >= 4 is 33.4 Å². The molecule has 0 aliphatic carbocycles. The molecule has 1 aliphatic heterocycles. The van der Waals surface area contributed by atoms with Crippen LogP contribution in [0.15, 0.2) is 22.7 Å². The molecule has 1 unspecified atom stereocenters. The molecule has 0 spiro atoms. The maximum atomic E-state index is 11.7. The summed E-state index contributed by atoms with van der Waals surface area (Å²) in [7, 11) is 1.43. The summed E-state index contributed by atoms with van der Waals surface area (Å²) in [5.74, 6) is -0.562. The van der Waals surface area contributed by atoms with Crippen LogP contribution in [0.1, 0.15) is 12.0 Å². The SMILES string of the molecule is CN1C(=O)CC(NCc2ccc(Br)cc2[N+](=O)[O-])C1=O. The number of hydrogen-bond acceptors (Lipinski definition) is 5. The quantitative estimate of drug-likeness (QED) is 0.504. The number of carbonyl (C=O) groups excluding carboxylic acids is 2. The lowest BCUT2D eigenvalue weighted by Crippen LogP contribution is -2.36. The van der Waals surface area contributed by atoms with Crippen LogP contribution in [0.5, 0.6) is 0 Å². The first-order valence-electron chi connectivity index (χ1n) is 5.86. The van der Waals surface area contributed by atoms with Crippen LogP contribution >= 0.6 is 15.9 Å². The van der Waals surface area contributed by atoms with Crippen LogP contribution in [0.25, 0.3) is 0 Å². The van der Waals surface area contributed by atoms with Gasteiger partial charge in [-0.2, -0.15) is 0 Å².